The van der Waals surface area contributed by atoms with Gasteiger partial charge in [0, 0.05) is 36.5 Å². The number of benzene rings is 3. The fourth-order valence-corrected chi connectivity index (χ4v) is 4.16. The first-order chi connectivity index (χ1) is 15.7. The molecule has 1 saturated heterocycles. The van der Waals surface area contributed by atoms with Crippen LogP contribution in [0.5, 0.6) is 0 Å². The smallest absolute Gasteiger partial charge is 0.365 e. The van der Waals surface area contributed by atoms with Crippen molar-refractivity contribution >= 4 is 34.2 Å². The standard InChI is InChI=1S/C26H23N3O3/c30-24(27-20-9-2-1-3-10-20)19-13-15-29(16-14-19)17-23-26(31)32-25(28-23)22-12-6-8-18-7-4-5-11-21(18)22/h1-12,17,19H,13-16H2,(H,27,30). The number of likely N-dealkylation sites (tertiary alicyclic amines) is 1. The number of carbonyl (C=O) groups excluding carboxylic acids is 2. The topological polar surface area (TPSA) is 71.0 Å². The van der Waals surface area contributed by atoms with Crippen molar-refractivity contribution in [3.63, 3.8) is 0 Å². The molecule has 2 aliphatic rings. The molecule has 0 aromatic heterocycles. The van der Waals surface area contributed by atoms with Crippen molar-refractivity contribution in [1.82, 2.24) is 4.90 Å². The number of nitrogens with one attached hydrogen (secondary N) is 1. The second-order valence-electron chi connectivity index (χ2n) is 8.01. The molecule has 6 heteroatoms. The van der Waals surface area contributed by atoms with Gasteiger partial charge >= 0.3 is 5.97 Å². The molecule has 0 bridgehead atoms. The Labute approximate surface area is 186 Å². The summed E-state index contributed by atoms with van der Waals surface area (Å²) in [6, 6.07) is 23.3. The summed E-state index contributed by atoms with van der Waals surface area (Å²) in [7, 11) is 0. The Bertz CT molecular complexity index is 1220. The molecule has 0 aliphatic carbocycles. The Morgan fingerprint density at radius 3 is 2.50 bits per heavy atom. The molecule has 1 N–H and O–H groups in total. The summed E-state index contributed by atoms with van der Waals surface area (Å²) in [5.41, 5.74) is 1.90. The number of carbonyl (C=O) groups is 2. The summed E-state index contributed by atoms with van der Waals surface area (Å²) in [6.07, 6.45) is 3.20. The fraction of sp³-hybridized carbons (Fsp3) is 0.192. The zero-order valence-electron chi connectivity index (χ0n) is 17.5. The van der Waals surface area contributed by atoms with Crippen molar-refractivity contribution in [2.75, 3.05) is 18.4 Å². The summed E-state index contributed by atoms with van der Waals surface area (Å²) < 4.78 is 5.49. The largest absolute Gasteiger partial charge is 0.402 e. The number of para-hydroxylation sites is 1. The maximum absolute atomic E-state index is 12.5. The van der Waals surface area contributed by atoms with Gasteiger partial charge in [-0.15, -0.1) is 0 Å². The highest BCUT2D eigenvalue weighted by atomic mass is 16.6. The lowest BCUT2D eigenvalue weighted by Crippen LogP contribution is -2.35. The van der Waals surface area contributed by atoms with E-state index in [4.69, 9.17) is 4.74 Å². The van der Waals surface area contributed by atoms with Crippen LogP contribution in [0.4, 0.5) is 5.69 Å². The maximum Gasteiger partial charge on any atom is 0.365 e. The summed E-state index contributed by atoms with van der Waals surface area (Å²) in [5.74, 6) is -0.123. The average molecular weight is 425 g/mol. The van der Waals surface area contributed by atoms with E-state index in [0.29, 0.717) is 24.7 Å². The molecule has 32 heavy (non-hydrogen) atoms. The Morgan fingerprint density at radius 1 is 0.969 bits per heavy atom. The van der Waals surface area contributed by atoms with Gasteiger partial charge in [-0.1, -0.05) is 54.6 Å². The van der Waals surface area contributed by atoms with Crippen LogP contribution in [-0.4, -0.2) is 35.8 Å². The summed E-state index contributed by atoms with van der Waals surface area (Å²) >= 11 is 0. The molecule has 1 amide bonds. The number of cyclic esters (lactones) is 1. The molecule has 0 unspecified atom stereocenters. The fourth-order valence-electron chi connectivity index (χ4n) is 4.16. The Morgan fingerprint density at radius 2 is 1.69 bits per heavy atom. The van der Waals surface area contributed by atoms with Gasteiger partial charge in [-0.2, -0.15) is 0 Å². The Balaban J connectivity index is 1.26. The number of rotatable bonds is 4. The second kappa shape index (κ2) is 8.67. The maximum atomic E-state index is 12.5. The van der Waals surface area contributed by atoms with E-state index in [2.05, 4.69) is 10.3 Å². The number of hydrogen-bond donors (Lipinski definition) is 1. The lowest BCUT2D eigenvalue weighted by Gasteiger charge is -2.30. The van der Waals surface area contributed by atoms with Crippen molar-refractivity contribution in [2.24, 2.45) is 10.9 Å². The van der Waals surface area contributed by atoms with Gasteiger partial charge in [-0.25, -0.2) is 9.79 Å². The van der Waals surface area contributed by atoms with Gasteiger partial charge in [0.15, 0.2) is 5.70 Å². The molecule has 3 aromatic carbocycles. The van der Waals surface area contributed by atoms with E-state index >= 15 is 0 Å². The van der Waals surface area contributed by atoms with E-state index in [-0.39, 0.29) is 11.8 Å². The number of piperidine rings is 1. The predicted octanol–water partition coefficient (Wildman–Crippen LogP) is 4.34. The quantitative estimate of drug-likeness (QED) is 0.499. The zero-order chi connectivity index (χ0) is 21.9. The summed E-state index contributed by atoms with van der Waals surface area (Å²) in [5, 5.41) is 5.04. The third-order valence-corrected chi connectivity index (χ3v) is 5.89. The number of esters is 1. The molecule has 0 radical (unpaired) electrons. The van der Waals surface area contributed by atoms with E-state index in [9.17, 15) is 9.59 Å². The van der Waals surface area contributed by atoms with Crippen molar-refractivity contribution in [3.8, 4) is 0 Å². The molecule has 0 spiro atoms. The minimum absolute atomic E-state index is 0.0417. The number of amides is 1. The number of ether oxygens (including phenoxy) is 1. The van der Waals surface area contributed by atoms with Crippen molar-refractivity contribution in [3.05, 3.63) is 90.3 Å². The Kier molecular flexibility index (Phi) is 5.42. The van der Waals surface area contributed by atoms with Crippen LogP contribution >= 0.6 is 0 Å². The summed E-state index contributed by atoms with van der Waals surface area (Å²) in [4.78, 5) is 31.5. The molecule has 3 aromatic rings. The third kappa shape index (κ3) is 4.12. The highest BCUT2D eigenvalue weighted by Crippen LogP contribution is 2.25. The highest BCUT2D eigenvalue weighted by molar-refractivity contribution is 6.16. The van der Waals surface area contributed by atoms with Crippen LogP contribution in [0.2, 0.25) is 0 Å². The molecule has 160 valence electrons. The number of fused-ring (bicyclic) bond motifs is 1. The van der Waals surface area contributed by atoms with E-state index in [1.807, 2.05) is 77.7 Å². The predicted molar refractivity (Wildman–Crippen MR) is 124 cm³/mol. The molecule has 0 atom stereocenters. The first-order valence-corrected chi connectivity index (χ1v) is 10.8. The normalized spacial score (nSPS) is 18.0. The molecular formula is C26H23N3O3. The molecule has 5 rings (SSSR count). The lowest BCUT2D eigenvalue weighted by atomic mass is 9.96. The van der Waals surface area contributed by atoms with Crippen molar-refractivity contribution in [1.29, 1.82) is 0 Å². The average Bonchev–Trinajstić information content (AvgIpc) is 3.19. The van der Waals surface area contributed by atoms with E-state index < -0.39 is 5.97 Å². The van der Waals surface area contributed by atoms with Crippen LogP contribution in [-0.2, 0) is 14.3 Å². The Hall–Kier alpha value is -3.93. The first kappa shape index (κ1) is 20.0. The van der Waals surface area contributed by atoms with Gasteiger partial charge in [0.2, 0.25) is 11.8 Å². The molecular weight excluding hydrogens is 402 g/mol. The molecule has 1 fully saturated rings. The monoisotopic (exact) mass is 425 g/mol. The number of hydrogen-bond acceptors (Lipinski definition) is 5. The molecule has 2 heterocycles. The SMILES string of the molecule is O=C1OC(c2cccc3ccccc23)=NC1=CN1CCC(C(=O)Nc2ccccc2)CC1. The van der Waals surface area contributed by atoms with Crippen LogP contribution in [0.25, 0.3) is 10.8 Å². The van der Waals surface area contributed by atoms with Crippen LogP contribution in [0.1, 0.15) is 18.4 Å². The third-order valence-electron chi connectivity index (χ3n) is 5.89. The second-order valence-corrected chi connectivity index (χ2v) is 8.01. The highest BCUT2D eigenvalue weighted by Gasteiger charge is 2.28. The van der Waals surface area contributed by atoms with Crippen LogP contribution in [0.3, 0.4) is 0 Å². The van der Waals surface area contributed by atoms with Crippen LogP contribution in [0, 0.1) is 5.92 Å². The van der Waals surface area contributed by atoms with Crippen molar-refractivity contribution in [2.45, 2.75) is 12.8 Å². The lowest BCUT2D eigenvalue weighted by molar-refractivity contribution is -0.130. The van der Waals surface area contributed by atoms with Crippen LogP contribution < -0.4 is 5.32 Å². The van der Waals surface area contributed by atoms with E-state index in [0.717, 1.165) is 34.9 Å². The van der Waals surface area contributed by atoms with Gasteiger partial charge in [0.05, 0.1) is 0 Å². The van der Waals surface area contributed by atoms with Gasteiger partial charge in [0.1, 0.15) is 0 Å². The molecule has 6 nitrogen and oxygen atoms in total. The van der Waals surface area contributed by atoms with Gasteiger partial charge in [0.25, 0.3) is 0 Å². The van der Waals surface area contributed by atoms with E-state index in [1.54, 1.807) is 6.20 Å². The van der Waals surface area contributed by atoms with Crippen LogP contribution in [0.15, 0.2) is 89.7 Å². The van der Waals surface area contributed by atoms with Gasteiger partial charge < -0.3 is 15.0 Å². The molecule has 0 saturated carbocycles. The number of aliphatic imine (C=N–C) groups is 1. The molecule has 2 aliphatic heterocycles. The van der Waals surface area contributed by atoms with E-state index in [1.165, 1.54) is 0 Å². The van der Waals surface area contributed by atoms with Crippen molar-refractivity contribution < 1.29 is 14.3 Å². The first-order valence-electron chi connectivity index (χ1n) is 10.8. The number of anilines is 1. The number of nitrogens with zero attached hydrogens (tertiary/aromatic N) is 2. The minimum Gasteiger partial charge on any atom is -0.402 e. The summed E-state index contributed by atoms with van der Waals surface area (Å²) in [6.45, 7) is 1.37. The van der Waals surface area contributed by atoms with Gasteiger partial charge in [-0.05, 0) is 41.8 Å². The van der Waals surface area contributed by atoms with Gasteiger partial charge in [-0.3, -0.25) is 4.79 Å². The zero-order valence-corrected chi connectivity index (χ0v) is 17.5. The minimum atomic E-state index is -0.447.